The molecule has 0 aliphatic carbocycles. The number of ether oxygens (including phenoxy) is 2. The molecule has 1 saturated heterocycles. The molecule has 2 aromatic rings. The lowest BCUT2D eigenvalue weighted by atomic mass is 10.0. The number of fused-ring (bicyclic) bond motifs is 1. The van der Waals surface area contributed by atoms with Crippen molar-refractivity contribution in [1.29, 1.82) is 0 Å². The zero-order valence-electron chi connectivity index (χ0n) is 13.7. The van der Waals surface area contributed by atoms with Gasteiger partial charge in [-0.25, -0.2) is 4.79 Å². The number of amides is 2. The Balaban J connectivity index is 1.54. The monoisotopic (exact) mass is 353 g/mol. The molecule has 2 atom stereocenters. The minimum Gasteiger partial charge on any atom is -0.368 e. The summed E-state index contributed by atoms with van der Waals surface area (Å²) >= 11 is 0. The highest BCUT2D eigenvalue weighted by molar-refractivity contribution is 6.20. The SMILES string of the molecule is O=C(ON1C(=O)c2ccccc2C1=O)[C@@H]1OCCO[C@@H]1c1ccccc1. The molecule has 0 spiro atoms. The maximum atomic E-state index is 12.6. The number of nitrogens with zero attached hydrogens (tertiary/aromatic N) is 1. The molecule has 1 fully saturated rings. The van der Waals surface area contributed by atoms with Gasteiger partial charge < -0.3 is 14.3 Å². The van der Waals surface area contributed by atoms with Gasteiger partial charge in [0.2, 0.25) is 0 Å². The van der Waals surface area contributed by atoms with Crippen molar-refractivity contribution in [3.05, 3.63) is 71.3 Å². The fourth-order valence-corrected chi connectivity index (χ4v) is 3.02. The molecule has 2 aliphatic heterocycles. The van der Waals surface area contributed by atoms with Crippen molar-refractivity contribution in [1.82, 2.24) is 5.06 Å². The van der Waals surface area contributed by atoms with Gasteiger partial charge in [0.1, 0.15) is 6.10 Å². The van der Waals surface area contributed by atoms with Gasteiger partial charge in [0.05, 0.1) is 24.3 Å². The number of rotatable bonds is 3. The van der Waals surface area contributed by atoms with E-state index in [0.717, 1.165) is 5.56 Å². The molecule has 7 nitrogen and oxygen atoms in total. The average Bonchev–Trinajstić information content (AvgIpc) is 2.94. The number of carbonyl (C=O) groups excluding carboxylic acids is 3. The first-order valence-corrected chi connectivity index (χ1v) is 8.14. The van der Waals surface area contributed by atoms with Crippen LogP contribution in [0, 0.1) is 0 Å². The molecule has 0 N–H and O–H groups in total. The van der Waals surface area contributed by atoms with Gasteiger partial charge in [-0.1, -0.05) is 47.5 Å². The van der Waals surface area contributed by atoms with E-state index in [-0.39, 0.29) is 17.7 Å². The Morgan fingerprint density at radius 3 is 2.12 bits per heavy atom. The summed E-state index contributed by atoms with van der Waals surface area (Å²) in [5.74, 6) is -2.20. The van der Waals surface area contributed by atoms with E-state index in [1.54, 1.807) is 12.1 Å². The van der Waals surface area contributed by atoms with Gasteiger partial charge in [0, 0.05) is 0 Å². The minimum absolute atomic E-state index is 0.200. The van der Waals surface area contributed by atoms with E-state index in [4.69, 9.17) is 14.3 Å². The summed E-state index contributed by atoms with van der Waals surface area (Å²) in [6, 6.07) is 15.4. The van der Waals surface area contributed by atoms with E-state index in [9.17, 15) is 14.4 Å². The lowest BCUT2D eigenvalue weighted by Crippen LogP contribution is -2.43. The number of hydrogen-bond donors (Lipinski definition) is 0. The molecule has 7 heteroatoms. The zero-order chi connectivity index (χ0) is 18.1. The van der Waals surface area contributed by atoms with Gasteiger partial charge in [0.15, 0.2) is 6.10 Å². The Bertz CT molecular complexity index is 830. The molecule has 132 valence electrons. The summed E-state index contributed by atoms with van der Waals surface area (Å²) in [6.07, 6.45) is -1.75. The van der Waals surface area contributed by atoms with E-state index in [2.05, 4.69) is 0 Å². The maximum Gasteiger partial charge on any atom is 0.364 e. The van der Waals surface area contributed by atoms with Gasteiger partial charge in [-0.05, 0) is 17.7 Å². The topological polar surface area (TPSA) is 82.1 Å². The van der Waals surface area contributed by atoms with Crippen LogP contribution in [-0.2, 0) is 19.1 Å². The fourth-order valence-electron chi connectivity index (χ4n) is 3.02. The molecule has 0 radical (unpaired) electrons. The molecular weight excluding hydrogens is 338 g/mol. The second-order valence-corrected chi connectivity index (χ2v) is 5.85. The lowest BCUT2D eigenvalue weighted by molar-refractivity contribution is -0.205. The van der Waals surface area contributed by atoms with Crippen LogP contribution in [0.4, 0.5) is 0 Å². The van der Waals surface area contributed by atoms with Crippen molar-refractivity contribution in [2.75, 3.05) is 13.2 Å². The third-order valence-corrected chi connectivity index (χ3v) is 4.25. The molecule has 2 aliphatic rings. The Labute approximate surface area is 149 Å². The normalized spacial score (nSPS) is 22.2. The highest BCUT2D eigenvalue weighted by Gasteiger charge is 2.42. The number of benzene rings is 2. The third kappa shape index (κ3) is 2.77. The van der Waals surface area contributed by atoms with Crippen molar-refractivity contribution < 1.29 is 28.7 Å². The number of hydrogen-bond acceptors (Lipinski definition) is 6. The highest BCUT2D eigenvalue weighted by atomic mass is 16.7. The summed E-state index contributed by atoms with van der Waals surface area (Å²) in [5.41, 5.74) is 1.15. The van der Waals surface area contributed by atoms with Gasteiger partial charge in [0.25, 0.3) is 11.8 Å². The standard InChI is InChI=1S/C19H15NO6/c21-17-13-8-4-5-9-14(13)18(22)20(17)26-19(23)16-15(24-10-11-25-16)12-6-2-1-3-7-12/h1-9,15-16H,10-11H2/t15-,16-/m1/s1. The van der Waals surface area contributed by atoms with E-state index in [1.807, 2.05) is 30.3 Å². The Morgan fingerprint density at radius 1 is 0.885 bits per heavy atom. The van der Waals surface area contributed by atoms with Crippen LogP contribution >= 0.6 is 0 Å². The lowest BCUT2D eigenvalue weighted by Gasteiger charge is -2.31. The van der Waals surface area contributed by atoms with E-state index in [1.165, 1.54) is 12.1 Å². The van der Waals surface area contributed by atoms with Crippen LogP contribution < -0.4 is 0 Å². The largest absolute Gasteiger partial charge is 0.368 e. The second kappa shape index (κ2) is 6.70. The number of carbonyl (C=O) groups is 3. The van der Waals surface area contributed by atoms with E-state index in [0.29, 0.717) is 11.7 Å². The third-order valence-electron chi connectivity index (χ3n) is 4.25. The molecule has 2 heterocycles. The van der Waals surface area contributed by atoms with Gasteiger partial charge >= 0.3 is 5.97 Å². The summed E-state index contributed by atoms with van der Waals surface area (Å²) in [4.78, 5) is 42.4. The van der Waals surface area contributed by atoms with Crippen LogP contribution in [0.15, 0.2) is 54.6 Å². The molecular formula is C19H15NO6. The van der Waals surface area contributed by atoms with Crippen LogP contribution in [0.5, 0.6) is 0 Å². The highest BCUT2D eigenvalue weighted by Crippen LogP contribution is 2.29. The van der Waals surface area contributed by atoms with E-state index < -0.39 is 30.0 Å². The summed E-state index contributed by atoms with van der Waals surface area (Å²) in [7, 11) is 0. The van der Waals surface area contributed by atoms with Gasteiger partial charge in [-0.3, -0.25) is 9.59 Å². The first-order valence-electron chi connectivity index (χ1n) is 8.14. The van der Waals surface area contributed by atoms with Crippen LogP contribution in [0.2, 0.25) is 0 Å². The maximum absolute atomic E-state index is 12.6. The molecule has 0 saturated carbocycles. The molecule has 0 bridgehead atoms. The summed E-state index contributed by atoms with van der Waals surface area (Å²) < 4.78 is 11.2. The van der Waals surface area contributed by atoms with Crippen molar-refractivity contribution in [3.8, 4) is 0 Å². The molecule has 0 aromatic heterocycles. The van der Waals surface area contributed by atoms with Crippen LogP contribution in [0.3, 0.4) is 0 Å². The molecule has 26 heavy (non-hydrogen) atoms. The molecule has 2 aromatic carbocycles. The van der Waals surface area contributed by atoms with Gasteiger partial charge in [-0.15, -0.1) is 0 Å². The molecule has 2 amide bonds. The van der Waals surface area contributed by atoms with Crippen molar-refractivity contribution in [3.63, 3.8) is 0 Å². The quantitative estimate of drug-likeness (QED) is 0.784. The average molecular weight is 353 g/mol. The van der Waals surface area contributed by atoms with Crippen LogP contribution in [0.25, 0.3) is 0 Å². The van der Waals surface area contributed by atoms with Crippen LogP contribution in [-0.4, -0.2) is 42.2 Å². The zero-order valence-corrected chi connectivity index (χ0v) is 13.7. The first-order chi connectivity index (χ1) is 12.7. The predicted octanol–water partition coefficient (Wildman–Crippen LogP) is 1.90. The number of imide groups is 1. The van der Waals surface area contributed by atoms with Gasteiger partial charge in [-0.2, -0.15) is 0 Å². The number of hydroxylamine groups is 2. The first kappa shape index (κ1) is 16.4. The second-order valence-electron chi connectivity index (χ2n) is 5.85. The van der Waals surface area contributed by atoms with Crippen molar-refractivity contribution >= 4 is 17.8 Å². The van der Waals surface area contributed by atoms with E-state index >= 15 is 0 Å². The van der Waals surface area contributed by atoms with Crippen LogP contribution in [0.1, 0.15) is 32.4 Å². The molecule has 4 rings (SSSR count). The fraction of sp³-hybridized carbons (Fsp3) is 0.211. The van der Waals surface area contributed by atoms with Crippen molar-refractivity contribution in [2.24, 2.45) is 0 Å². The summed E-state index contributed by atoms with van der Waals surface area (Å²) in [5, 5.41) is 0.479. The Hall–Kier alpha value is -3.03. The summed E-state index contributed by atoms with van der Waals surface area (Å²) in [6.45, 7) is 0.543. The predicted molar refractivity (Wildman–Crippen MR) is 87.9 cm³/mol. The molecule has 0 unspecified atom stereocenters. The Morgan fingerprint density at radius 2 is 1.46 bits per heavy atom. The Kier molecular flexibility index (Phi) is 4.24. The minimum atomic E-state index is -1.07. The smallest absolute Gasteiger partial charge is 0.364 e. The van der Waals surface area contributed by atoms with Crippen molar-refractivity contribution in [2.45, 2.75) is 12.2 Å².